The Bertz CT molecular complexity index is 397. The number of hydrogen-bond donors (Lipinski definition) is 1. The topological polar surface area (TPSA) is 94.9 Å². The molecule has 6 nitrogen and oxygen atoms in total. The first-order valence-electron chi connectivity index (χ1n) is 4.85. The highest BCUT2D eigenvalue weighted by atomic mass is 32.2. The Kier molecular flexibility index (Phi) is 4.05. The maximum Gasteiger partial charge on any atom is 0.343 e. The third-order valence-electron chi connectivity index (χ3n) is 2.24. The zero-order chi connectivity index (χ0) is 12.3. The van der Waals surface area contributed by atoms with E-state index >= 15 is 0 Å². The number of aromatic nitrogens is 2. The van der Waals surface area contributed by atoms with E-state index < -0.39 is 4.92 Å². The van der Waals surface area contributed by atoms with Crippen molar-refractivity contribution in [1.82, 2.24) is 9.97 Å². The number of rotatable bonds is 4. The standard InChI is InChI=1S/C9H14N4O2S/c1-5(2)6(3)16-9-7(13(14)15)8(10)11-4-12-9/h4-6H,1-3H3,(H2,10,11,12). The Hall–Kier alpha value is -1.37. The van der Waals surface area contributed by atoms with Crippen molar-refractivity contribution in [3.63, 3.8) is 0 Å². The molecule has 1 rings (SSSR count). The van der Waals surface area contributed by atoms with Gasteiger partial charge in [0.15, 0.2) is 5.03 Å². The molecule has 7 heteroatoms. The van der Waals surface area contributed by atoms with Gasteiger partial charge in [0.1, 0.15) is 6.33 Å². The van der Waals surface area contributed by atoms with E-state index in [9.17, 15) is 10.1 Å². The molecule has 0 aliphatic carbocycles. The first-order chi connectivity index (χ1) is 7.43. The van der Waals surface area contributed by atoms with Gasteiger partial charge in [-0.25, -0.2) is 9.97 Å². The van der Waals surface area contributed by atoms with Gasteiger partial charge >= 0.3 is 5.69 Å². The fourth-order valence-corrected chi connectivity index (χ4v) is 1.97. The Morgan fingerprint density at radius 1 is 1.44 bits per heavy atom. The van der Waals surface area contributed by atoms with Crippen molar-refractivity contribution in [1.29, 1.82) is 0 Å². The number of nitrogens with zero attached hydrogens (tertiary/aromatic N) is 3. The summed E-state index contributed by atoms with van der Waals surface area (Å²) in [5.41, 5.74) is 5.27. The summed E-state index contributed by atoms with van der Waals surface area (Å²) in [6, 6.07) is 0. The predicted molar refractivity (Wildman–Crippen MR) is 63.3 cm³/mol. The number of nitrogens with two attached hydrogens (primary N) is 1. The molecule has 0 saturated carbocycles. The molecule has 1 atom stereocenters. The van der Waals surface area contributed by atoms with Crippen LogP contribution >= 0.6 is 11.8 Å². The Balaban J connectivity index is 3.04. The van der Waals surface area contributed by atoms with Crippen LogP contribution in [0.2, 0.25) is 0 Å². The molecular weight excluding hydrogens is 228 g/mol. The minimum atomic E-state index is -0.537. The third kappa shape index (κ3) is 2.82. The lowest BCUT2D eigenvalue weighted by Crippen LogP contribution is -2.08. The molecule has 16 heavy (non-hydrogen) atoms. The van der Waals surface area contributed by atoms with Gasteiger partial charge in [-0.15, -0.1) is 0 Å². The maximum absolute atomic E-state index is 10.8. The van der Waals surface area contributed by atoms with E-state index in [4.69, 9.17) is 5.73 Å². The summed E-state index contributed by atoms with van der Waals surface area (Å²) < 4.78 is 0. The molecule has 0 aromatic carbocycles. The molecule has 0 fully saturated rings. The first-order valence-corrected chi connectivity index (χ1v) is 5.73. The lowest BCUT2D eigenvalue weighted by molar-refractivity contribution is -0.387. The molecule has 1 aromatic heterocycles. The second-order valence-corrected chi connectivity index (χ2v) is 5.10. The van der Waals surface area contributed by atoms with Gasteiger partial charge < -0.3 is 5.73 Å². The fraction of sp³-hybridized carbons (Fsp3) is 0.556. The molecule has 88 valence electrons. The lowest BCUT2D eigenvalue weighted by atomic mass is 10.2. The molecule has 1 aromatic rings. The molecule has 0 aliphatic heterocycles. The van der Waals surface area contributed by atoms with E-state index in [0.29, 0.717) is 10.9 Å². The van der Waals surface area contributed by atoms with E-state index in [0.717, 1.165) is 0 Å². The molecule has 0 saturated heterocycles. The van der Waals surface area contributed by atoms with Crippen LogP contribution in [-0.2, 0) is 0 Å². The lowest BCUT2D eigenvalue weighted by Gasteiger charge is -2.13. The summed E-state index contributed by atoms with van der Waals surface area (Å²) in [6.07, 6.45) is 1.25. The van der Waals surface area contributed by atoms with Crippen LogP contribution in [0.25, 0.3) is 0 Å². The van der Waals surface area contributed by atoms with Crippen LogP contribution in [-0.4, -0.2) is 20.1 Å². The van der Waals surface area contributed by atoms with Crippen LogP contribution in [0, 0.1) is 16.0 Å². The van der Waals surface area contributed by atoms with Crippen molar-refractivity contribution in [3.05, 3.63) is 16.4 Å². The molecule has 0 spiro atoms. The predicted octanol–water partition coefficient (Wildman–Crippen LogP) is 2.10. The van der Waals surface area contributed by atoms with E-state index in [-0.39, 0.29) is 16.8 Å². The third-order valence-corrected chi connectivity index (χ3v) is 3.67. The van der Waals surface area contributed by atoms with Crippen molar-refractivity contribution in [3.8, 4) is 0 Å². The minimum absolute atomic E-state index is 0.0848. The summed E-state index contributed by atoms with van der Waals surface area (Å²) in [4.78, 5) is 17.8. The monoisotopic (exact) mass is 242 g/mol. The minimum Gasteiger partial charge on any atom is -0.378 e. The zero-order valence-electron chi connectivity index (χ0n) is 9.38. The molecular formula is C9H14N4O2S. The van der Waals surface area contributed by atoms with Crippen LogP contribution < -0.4 is 5.73 Å². The smallest absolute Gasteiger partial charge is 0.343 e. The van der Waals surface area contributed by atoms with Gasteiger partial charge in [0.2, 0.25) is 5.82 Å². The van der Waals surface area contributed by atoms with Gasteiger partial charge in [-0.05, 0) is 5.92 Å². The molecule has 0 radical (unpaired) electrons. The SMILES string of the molecule is CC(C)C(C)Sc1ncnc(N)c1[N+](=O)[O-]. The van der Waals surface area contributed by atoms with Crippen molar-refractivity contribution < 1.29 is 4.92 Å². The first kappa shape index (κ1) is 12.7. The maximum atomic E-state index is 10.8. The molecule has 0 aliphatic rings. The number of nitrogen functional groups attached to an aromatic ring is 1. The van der Waals surface area contributed by atoms with Gasteiger partial charge in [0, 0.05) is 5.25 Å². The van der Waals surface area contributed by atoms with E-state index in [1.54, 1.807) is 0 Å². The van der Waals surface area contributed by atoms with Crippen LogP contribution in [0.1, 0.15) is 20.8 Å². The van der Waals surface area contributed by atoms with E-state index in [1.807, 2.05) is 20.8 Å². The largest absolute Gasteiger partial charge is 0.378 e. The Labute approximate surface area is 97.8 Å². The van der Waals surface area contributed by atoms with Gasteiger partial charge in [-0.3, -0.25) is 10.1 Å². The number of hydrogen-bond acceptors (Lipinski definition) is 6. The molecule has 1 unspecified atom stereocenters. The van der Waals surface area contributed by atoms with Crippen molar-refractivity contribution >= 4 is 23.3 Å². The van der Waals surface area contributed by atoms with Crippen molar-refractivity contribution in [2.24, 2.45) is 5.92 Å². The summed E-state index contributed by atoms with van der Waals surface area (Å²) >= 11 is 1.35. The second kappa shape index (κ2) is 5.11. The number of nitro groups is 1. The number of thioether (sulfide) groups is 1. The summed E-state index contributed by atoms with van der Waals surface area (Å²) in [5.74, 6) is 0.319. The normalized spacial score (nSPS) is 12.8. The quantitative estimate of drug-likeness (QED) is 0.376. The molecule has 0 bridgehead atoms. The zero-order valence-corrected chi connectivity index (χ0v) is 10.2. The van der Waals surface area contributed by atoms with Crippen LogP contribution in [0.4, 0.5) is 11.5 Å². The van der Waals surface area contributed by atoms with Gasteiger partial charge in [-0.1, -0.05) is 32.5 Å². The summed E-state index contributed by atoms with van der Waals surface area (Å²) in [7, 11) is 0. The van der Waals surface area contributed by atoms with E-state index in [2.05, 4.69) is 9.97 Å². The van der Waals surface area contributed by atoms with Crippen LogP contribution in [0.3, 0.4) is 0 Å². The van der Waals surface area contributed by atoms with Crippen LogP contribution in [0.5, 0.6) is 0 Å². The average Bonchev–Trinajstić information content (AvgIpc) is 2.16. The van der Waals surface area contributed by atoms with Gasteiger partial charge in [0.05, 0.1) is 4.92 Å². The van der Waals surface area contributed by atoms with Crippen molar-refractivity contribution in [2.75, 3.05) is 5.73 Å². The highest BCUT2D eigenvalue weighted by Gasteiger charge is 2.23. The average molecular weight is 242 g/mol. The summed E-state index contributed by atoms with van der Waals surface area (Å²) in [6.45, 7) is 6.10. The molecule has 1 heterocycles. The molecule has 2 N–H and O–H groups in total. The van der Waals surface area contributed by atoms with Gasteiger partial charge in [-0.2, -0.15) is 0 Å². The molecule has 0 amide bonds. The van der Waals surface area contributed by atoms with Crippen molar-refractivity contribution in [2.45, 2.75) is 31.0 Å². The van der Waals surface area contributed by atoms with E-state index in [1.165, 1.54) is 18.1 Å². The Morgan fingerprint density at radius 2 is 2.06 bits per heavy atom. The highest BCUT2D eigenvalue weighted by Crippen LogP contribution is 2.34. The second-order valence-electron chi connectivity index (χ2n) is 3.74. The van der Waals surface area contributed by atoms with Gasteiger partial charge in [0.25, 0.3) is 0 Å². The number of anilines is 1. The summed E-state index contributed by atoms with van der Waals surface area (Å²) in [5, 5.41) is 11.4. The van der Waals surface area contributed by atoms with Crippen LogP contribution in [0.15, 0.2) is 11.4 Å². The highest BCUT2D eigenvalue weighted by molar-refractivity contribution is 8.00. The Morgan fingerprint density at radius 3 is 2.56 bits per heavy atom. The fourth-order valence-electron chi connectivity index (χ4n) is 0.945.